The third-order valence-corrected chi connectivity index (χ3v) is 4.79. The first-order valence-corrected chi connectivity index (χ1v) is 8.52. The van der Waals surface area contributed by atoms with Crippen molar-refractivity contribution in [3.63, 3.8) is 0 Å². The normalized spacial score (nSPS) is 19.9. The Kier molecular flexibility index (Phi) is 5.77. The molecule has 0 radical (unpaired) electrons. The summed E-state index contributed by atoms with van der Waals surface area (Å²) in [5.74, 6) is -1.10. The van der Waals surface area contributed by atoms with Crippen LogP contribution >= 0.6 is 12.6 Å². The topological polar surface area (TPSA) is 73.6 Å². The highest BCUT2D eigenvalue weighted by molar-refractivity contribution is 7.81. The largest absolute Gasteiger partial charge is 0.465 e. The summed E-state index contributed by atoms with van der Waals surface area (Å²) in [6.45, 7) is 4.64. The van der Waals surface area contributed by atoms with Crippen LogP contribution in [0.3, 0.4) is 0 Å². The van der Waals surface area contributed by atoms with Crippen molar-refractivity contribution >= 4 is 30.2 Å². The molecule has 2 rings (SSSR count). The quantitative estimate of drug-likeness (QED) is 0.620. The van der Waals surface area contributed by atoms with Gasteiger partial charge >= 0.3 is 12.1 Å². The molecule has 0 spiro atoms. The minimum absolute atomic E-state index is 0.0641. The highest BCUT2D eigenvalue weighted by Gasteiger charge is 2.52. The molecule has 6 nitrogen and oxygen atoms in total. The number of ether oxygens (including phenoxy) is 1. The van der Waals surface area contributed by atoms with Gasteiger partial charge in [-0.15, -0.1) is 12.6 Å². The molecule has 0 aliphatic carbocycles. The molecule has 1 fully saturated rings. The monoisotopic (exact) mass is 401 g/mol. The van der Waals surface area contributed by atoms with Crippen LogP contribution < -0.4 is 4.90 Å². The third kappa shape index (κ3) is 3.89. The number of hydrogen-bond donors (Lipinski definition) is 1. The first kappa shape index (κ1) is 21.1. The van der Waals surface area contributed by atoms with E-state index in [9.17, 15) is 22.8 Å². The molecule has 0 aromatic heterocycles. The summed E-state index contributed by atoms with van der Waals surface area (Å²) >= 11 is 4.34. The number of anilines is 1. The number of alkyl halides is 3. The Morgan fingerprint density at radius 3 is 2.56 bits per heavy atom. The Labute approximate surface area is 159 Å². The van der Waals surface area contributed by atoms with E-state index >= 15 is 0 Å². The van der Waals surface area contributed by atoms with Crippen LogP contribution in [0, 0.1) is 11.3 Å². The molecule has 10 heteroatoms. The molecule has 1 atom stereocenters. The van der Waals surface area contributed by atoms with Gasteiger partial charge in [0.15, 0.2) is 0 Å². The minimum Gasteiger partial charge on any atom is -0.465 e. The number of halogens is 3. The molecule has 0 saturated carbocycles. The first-order valence-electron chi connectivity index (χ1n) is 8.00. The number of nitrogens with zero attached hydrogens (tertiary/aromatic N) is 3. The molecule has 27 heavy (non-hydrogen) atoms. The zero-order chi connectivity index (χ0) is 20.6. The second-order valence-electron chi connectivity index (χ2n) is 6.35. The van der Waals surface area contributed by atoms with Crippen molar-refractivity contribution in [3.05, 3.63) is 29.3 Å². The smallest absolute Gasteiger partial charge is 0.417 e. The van der Waals surface area contributed by atoms with Gasteiger partial charge in [0.05, 0.1) is 29.3 Å². The lowest BCUT2D eigenvalue weighted by Gasteiger charge is -2.29. The maximum atomic E-state index is 13.2. The molecule has 1 amide bonds. The van der Waals surface area contributed by atoms with Gasteiger partial charge in [0.25, 0.3) is 0 Å². The van der Waals surface area contributed by atoms with E-state index in [1.807, 2.05) is 0 Å². The van der Waals surface area contributed by atoms with Crippen LogP contribution in [-0.2, 0) is 20.5 Å². The highest BCUT2D eigenvalue weighted by atomic mass is 32.1. The SMILES string of the molecule is CCOC(=O)CN1C(S)N(c2ccc(C#N)c(C(F)(F)F)c2)C(=O)C1(C)C. The van der Waals surface area contributed by atoms with Crippen molar-refractivity contribution in [2.24, 2.45) is 0 Å². The Morgan fingerprint density at radius 2 is 2.04 bits per heavy atom. The highest BCUT2D eigenvalue weighted by Crippen LogP contribution is 2.39. The number of esters is 1. The van der Waals surface area contributed by atoms with Crippen molar-refractivity contribution in [2.45, 2.75) is 38.0 Å². The standard InChI is InChI=1S/C17H18F3N3O3S/c1-4-26-13(24)9-22-15(27)23(14(25)16(22,2)3)11-6-5-10(8-21)12(7-11)17(18,19)20/h5-7,15,27H,4,9H2,1-3H3. The predicted molar refractivity (Wildman–Crippen MR) is 93.8 cm³/mol. The molecule has 1 aromatic rings. The van der Waals surface area contributed by atoms with Gasteiger partial charge < -0.3 is 4.74 Å². The lowest BCUT2D eigenvalue weighted by Crippen LogP contribution is -2.47. The predicted octanol–water partition coefficient (Wildman–Crippen LogP) is 2.78. The summed E-state index contributed by atoms with van der Waals surface area (Å²) in [6, 6.07) is 4.49. The van der Waals surface area contributed by atoms with Crippen LogP contribution in [0.1, 0.15) is 31.9 Å². The molecule has 0 N–H and O–H groups in total. The second-order valence-corrected chi connectivity index (χ2v) is 6.81. The van der Waals surface area contributed by atoms with E-state index in [1.54, 1.807) is 20.8 Å². The Morgan fingerprint density at radius 1 is 1.41 bits per heavy atom. The third-order valence-electron chi connectivity index (χ3n) is 4.28. The zero-order valence-corrected chi connectivity index (χ0v) is 15.8. The Balaban J connectivity index is 2.46. The van der Waals surface area contributed by atoms with Crippen LogP contribution in [0.2, 0.25) is 0 Å². The van der Waals surface area contributed by atoms with Gasteiger partial charge in [-0.3, -0.25) is 14.5 Å². The molecule has 146 valence electrons. The zero-order valence-electron chi connectivity index (χ0n) is 14.9. The van der Waals surface area contributed by atoms with E-state index in [0.717, 1.165) is 17.0 Å². The summed E-state index contributed by atoms with van der Waals surface area (Å²) < 4.78 is 44.6. The summed E-state index contributed by atoms with van der Waals surface area (Å²) in [7, 11) is 0. The van der Waals surface area contributed by atoms with Gasteiger partial charge in [0.1, 0.15) is 12.0 Å². The van der Waals surface area contributed by atoms with Gasteiger partial charge in [-0.1, -0.05) is 0 Å². The van der Waals surface area contributed by atoms with Gasteiger partial charge in [0.2, 0.25) is 5.91 Å². The van der Waals surface area contributed by atoms with Crippen molar-refractivity contribution in [3.8, 4) is 6.07 Å². The molecule has 1 aromatic carbocycles. The summed E-state index contributed by atoms with van der Waals surface area (Å²) in [6.07, 6.45) is -4.75. The molecule has 0 bridgehead atoms. The van der Waals surface area contributed by atoms with E-state index in [2.05, 4.69) is 12.6 Å². The van der Waals surface area contributed by atoms with Crippen molar-refractivity contribution < 1.29 is 27.5 Å². The maximum Gasteiger partial charge on any atom is 0.417 e. The van der Waals surface area contributed by atoms with Gasteiger partial charge in [0, 0.05) is 5.69 Å². The summed E-state index contributed by atoms with van der Waals surface area (Å²) in [5.41, 5.74) is -3.92. The fraction of sp³-hybridized carbons (Fsp3) is 0.471. The summed E-state index contributed by atoms with van der Waals surface area (Å²) in [4.78, 5) is 27.2. The van der Waals surface area contributed by atoms with E-state index in [1.165, 1.54) is 17.0 Å². The second kappa shape index (κ2) is 7.40. The number of carbonyl (C=O) groups excluding carboxylic acids is 2. The summed E-state index contributed by atoms with van der Waals surface area (Å²) in [5, 5.41) is 8.91. The Bertz CT molecular complexity index is 805. The number of carbonyl (C=O) groups is 2. The van der Waals surface area contributed by atoms with Crippen molar-refractivity contribution in [2.75, 3.05) is 18.1 Å². The number of thiol groups is 1. The first-order chi connectivity index (χ1) is 12.4. The lowest BCUT2D eigenvalue weighted by atomic mass is 10.0. The van der Waals surface area contributed by atoms with Gasteiger partial charge in [-0.25, -0.2) is 4.90 Å². The number of benzene rings is 1. The van der Waals surface area contributed by atoms with Crippen LogP contribution in [0.4, 0.5) is 18.9 Å². The molecule has 1 unspecified atom stereocenters. The molecule has 1 aliphatic rings. The molecular weight excluding hydrogens is 383 g/mol. The van der Waals surface area contributed by atoms with Crippen molar-refractivity contribution in [1.29, 1.82) is 5.26 Å². The fourth-order valence-electron chi connectivity index (χ4n) is 2.84. The average molecular weight is 401 g/mol. The number of rotatable bonds is 4. The van der Waals surface area contributed by atoms with E-state index in [-0.39, 0.29) is 18.8 Å². The van der Waals surface area contributed by atoms with Crippen molar-refractivity contribution in [1.82, 2.24) is 4.90 Å². The van der Waals surface area contributed by atoms with Gasteiger partial charge in [-0.2, -0.15) is 18.4 Å². The van der Waals surface area contributed by atoms with E-state index in [4.69, 9.17) is 10.00 Å². The van der Waals surface area contributed by atoms with E-state index in [0.29, 0.717) is 0 Å². The van der Waals surface area contributed by atoms with Crippen LogP contribution in [-0.4, -0.2) is 41.0 Å². The van der Waals surface area contributed by atoms with Crippen LogP contribution in [0.5, 0.6) is 0 Å². The number of hydrogen-bond acceptors (Lipinski definition) is 6. The fourth-order valence-corrected chi connectivity index (χ4v) is 3.45. The molecule has 1 saturated heterocycles. The van der Waals surface area contributed by atoms with Crippen LogP contribution in [0.15, 0.2) is 18.2 Å². The molecule has 1 aliphatic heterocycles. The van der Waals surface area contributed by atoms with Gasteiger partial charge in [-0.05, 0) is 39.0 Å². The minimum atomic E-state index is -4.75. The molecule has 1 heterocycles. The van der Waals surface area contributed by atoms with E-state index < -0.39 is 40.2 Å². The number of amides is 1. The maximum absolute atomic E-state index is 13.2. The lowest BCUT2D eigenvalue weighted by molar-refractivity contribution is -0.146. The number of nitriles is 1. The molecular formula is C17H18F3N3O3S. The van der Waals surface area contributed by atoms with Crippen LogP contribution in [0.25, 0.3) is 0 Å². The average Bonchev–Trinajstić information content (AvgIpc) is 2.74. The Hall–Kier alpha value is -2.25.